The van der Waals surface area contributed by atoms with Gasteiger partial charge in [0.05, 0.1) is 0 Å². The number of nitrogens with zero attached hydrogens (tertiary/aromatic N) is 1. The molecule has 3 heteroatoms. The van der Waals surface area contributed by atoms with Crippen LogP contribution in [0.25, 0.3) is 0 Å². The lowest BCUT2D eigenvalue weighted by Crippen LogP contribution is -2.09. The first-order valence-corrected chi connectivity index (χ1v) is 6.69. The molecule has 0 fully saturated rings. The van der Waals surface area contributed by atoms with Crippen molar-refractivity contribution in [2.24, 2.45) is 0 Å². The third kappa shape index (κ3) is 2.67. The number of nitrogens with one attached hydrogen (secondary N) is 1. The van der Waals surface area contributed by atoms with Crippen LogP contribution >= 0.6 is 15.9 Å². The van der Waals surface area contributed by atoms with E-state index in [4.69, 9.17) is 0 Å². The molecular formula is C15H17BrN2. The van der Waals surface area contributed by atoms with Crippen molar-refractivity contribution in [3.63, 3.8) is 0 Å². The summed E-state index contributed by atoms with van der Waals surface area (Å²) in [5.41, 5.74) is 4.71. The third-order valence-electron chi connectivity index (χ3n) is 3.09. The molecule has 2 aromatic carbocycles. The first kappa shape index (κ1) is 13.0. The molecule has 0 amide bonds. The van der Waals surface area contributed by atoms with E-state index in [-0.39, 0.29) is 0 Å². The average Bonchev–Trinajstić information content (AvgIpc) is 2.41. The van der Waals surface area contributed by atoms with Gasteiger partial charge in [0.15, 0.2) is 0 Å². The summed E-state index contributed by atoms with van der Waals surface area (Å²) in [6.07, 6.45) is 0. The Kier molecular flexibility index (Phi) is 3.92. The normalized spacial score (nSPS) is 10.2. The molecule has 0 aliphatic heterocycles. The molecule has 18 heavy (non-hydrogen) atoms. The minimum absolute atomic E-state index is 1.12. The Morgan fingerprint density at radius 1 is 1.00 bits per heavy atom. The Labute approximate surface area is 117 Å². The van der Waals surface area contributed by atoms with Gasteiger partial charge in [-0.3, -0.25) is 0 Å². The van der Waals surface area contributed by atoms with Gasteiger partial charge in [0.25, 0.3) is 0 Å². The third-order valence-corrected chi connectivity index (χ3v) is 3.94. The standard InChI is InChI=1S/C15H17BrN2/c1-11-4-7-14(10-15(11)16)18(3)13-8-5-12(17-2)6-9-13/h4-10,17H,1-3H3. The van der Waals surface area contributed by atoms with E-state index in [0.717, 1.165) is 10.2 Å². The first-order chi connectivity index (χ1) is 8.61. The summed E-state index contributed by atoms with van der Waals surface area (Å²) in [5.74, 6) is 0. The van der Waals surface area contributed by atoms with Crippen molar-refractivity contribution in [1.29, 1.82) is 0 Å². The van der Waals surface area contributed by atoms with Crippen LogP contribution in [0.5, 0.6) is 0 Å². The fourth-order valence-electron chi connectivity index (χ4n) is 1.79. The molecule has 0 saturated carbocycles. The summed E-state index contributed by atoms with van der Waals surface area (Å²) in [6.45, 7) is 2.09. The molecule has 94 valence electrons. The Morgan fingerprint density at radius 2 is 1.61 bits per heavy atom. The number of rotatable bonds is 3. The maximum atomic E-state index is 3.57. The van der Waals surface area contributed by atoms with Crippen LogP contribution in [-0.4, -0.2) is 14.1 Å². The van der Waals surface area contributed by atoms with Gasteiger partial charge in [-0.05, 0) is 48.9 Å². The predicted molar refractivity (Wildman–Crippen MR) is 82.9 cm³/mol. The lowest BCUT2D eigenvalue weighted by molar-refractivity contribution is 1.20. The van der Waals surface area contributed by atoms with E-state index in [1.165, 1.54) is 16.9 Å². The Balaban J connectivity index is 2.28. The predicted octanol–water partition coefficient (Wildman–Crippen LogP) is 4.57. The average molecular weight is 305 g/mol. The van der Waals surface area contributed by atoms with E-state index in [1.54, 1.807) is 0 Å². The van der Waals surface area contributed by atoms with Gasteiger partial charge in [-0.2, -0.15) is 0 Å². The second kappa shape index (κ2) is 5.44. The van der Waals surface area contributed by atoms with Crippen LogP contribution in [0.2, 0.25) is 0 Å². The zero-order valence-electron chi connectivity index (χ0n) is 10.9. The van der Waals surface area contributed by atoms with E-state index >= 15 is 0 Å². The van der Waals surface area contributed by atoms with Crippen LogP contribution in [0.3, 0.4) is 0 Å². The van der Waals surface area contributed by atoms with E-state index in [9.17, 15) is 0 Å². The molecule has 0 spiro atoms. The maximum Gasteiger partial charge on any atom is 0.0419 e. The van der Waals surface area contributed by atoms with Gasteiger partial charge in [-0.1, -0.05) is 22.0 Å². The number of benzene rings is 2. The quantitative estimate of drug-likeness (QED) is 0.894. The summed E-state index contributed by atoms with van der Waals surface area (Å²) < 4.78 is 1.14. The topological polar surface area (TPSA) is 15.3 Å². The van der Waals surface area contributed by atoms with Gasteiger partial charge in [0.2, 0.25) is 0 Å². The van der Waals surface area contributed by atoms with Gasteiger partial charge in [0.1, 0.15) is 0 Å². The van der Waals surface area contributed by atoms with Crippen molar-refractivity contribution < 1.29 is 0 Å². The maximum absolute atomic E-state index is 3.57. The number of anilines is 3. The van der Waals surface area contributed by atoms with Gasteiger partial charge in [0, 0.05) is 35.6 Å². The van der Waals surface area contributed by atoms with Crippen molar-refractivity contribution >= 4 is 33.0 Å². The minimum Gasteiger partial charge on any atom is -0.388 e. The summed E-state index contributed by atoms with van der Waals surface area (Å²) in [6, 6.07) is 14.8. The lowest BCUT2D eigenvalue weighted by atomic mass is 10.2. The van der Waals surface area contributed by atoms with Crippen LogP contribution in [0.1, 0.15) is 5.56 Å². The molecule has 0 aliphatic rings. The number of hydrogen-bond donors (Lipinski definition) is 1. The molecule has 0 aliphatic carbocycles. The molecule has 0 unspecified atom stereocenters. The number of halogens is 1. The van der Waals surface area contributed by atoms with Gasteiger partial charge in [-0.15, -0.1) is 0 Å². The molecule has 2 nitrogen and oxygen atoms in total. The summed E-state index contributed by atoms with van der Waals surface area (Å²) in [5, 5.41) is 3.12. The zero-order chi connectivity index (χ0) is 13.1. The minimum atomic E-state index is 1.12. The van der Waals surface area contributed by atoms with Crippen molar-refractivity contribution in [2.45, 2.75) is 6.92 Å². The highest BCUT2D eigenvalue weighted by Crippen LogP contribution is 2.28. The Morgan fingerprint density at radius 3 is 2.17 bits per heavy atom. The molecule has 0 aromatic heterocycles. The summed E-state index contributed by atoms with van der Waals surface area (Å²) >= 11 is 3.57. The second-order valence-electron chi connectivity index (χ2n) is 4.29. The molecule has 0 radical (unpaired) electrons. The van der Waals surface area contributed by atoms with Crippen LogP contribution < -0.4 is 10.2 Å². The Bertz CT molecular complexity index is 535. The molecule has 0 bridgehead atoms. The molecule has 2 rings (SSSR count). The van der Waals surface area contributed by atoms with Crippen molar-refractivity contribution in [1.82, 2.24) is 0 Å². The van der Waals surface area contributed by atoms with Crippen LogP contribution in [0.15, 0.2) is 46.9 Å². The number of aryl methyl sites for hydroxylation is 1. The smallest absolute Gasteiger partial charge is 0.0419 e. The highest BCUT2D eigenvalue weighted by molar-refractivity contribution is 9.10. The monoisotopic (exact) mass is 304 g/mol. The van der Waals surface area contributed by atoms with Crippen LogP contribution in [-0.2, 0) is 0 Å². The van der Waals surface area contributed by atoms with Crippen molar-refractivity contribution in [3.05, 3.63) is 52.5 Å². The highest BCUT2D eigenvalue weighted by Gasteiger charge is 2.05. The fraction of sp³-hybridized carbons (Fsp3) is 0.200. The highest BCUT2D eigenvalue weighted by atomic mass is 79.9. The molecule has 1 N–H and O–H groups in total. The van der Waals surface area contributed by atoms with E-state index < -0.39 is 0 Å². The molecule has 0 atom stereocenters. The summed E-state index contributed by atoms with van der Waals surface area (Å²) in [4.78, 5) is 2.17. The van der Waals surface area contributed by atoms with Gasteiger partial charge in [-0.25, -0.2) is 0 Å². The van der Waals surface area contributed by atoms with E-state index in [2.05, 4.69) is 82.6 Å². The lowest BCUT2D eigenvalue weighted by Gasteiger charge is -2.20. The second-order valence-corrected chi connectivity index (χ2v) is 5.14. The fourth-order valence-corrected chi connectivity index (χ4v) is 2.16. The SMILES string of the molecule is CNc1ccc(N(C)c2ccc(C)c(Br)c2)cc1. The van der Waals surface area contributed by atoms with Gasteiger partial charge >= 0.3 is 0 Å². The van der Waals surface area contributed by atoms with Crippen LogP contribution in [0.4, 0.5) is 17.1 Å². The van der Waals surface area contributed by atoms with Crippen molar-refractivity contribution in [3.8, 4) is 0 Å². The Hall–Kier alpha value is -1.48. The molecule has 0 saturated heterocycles. The van der Waals surface area contributed by atoms with Gasteiger partial charge < -0.3 is 10.2 Å². The molecule has 2 aromatic rings. The van der Waals surface area contributed by atoms with Crippen molar-refractivity contribution in [2.75, 3.05) is 24.3 Å². The molecular weight excluding hydrogens is 288 g/mol. The molecule has 0 heterocycles. The number of hydrogen-bond acceptors (Lipinski definition) is 2. The van der Waals surface area contributed by atoms with E-state index in [1.807, 2.05) is 7.05 Å². The zero-order valence-corrected chi connectivity index (χ0v) is 12.5. The van der Waals surface area contributed by atoms with E-state index in [0.29, 0.717) is 0 Å². The largest absolute Gasteiger partial charge is 0.388 e. The summed E-state index contributed by atoms with van der Waals surface area (Å²) in [7, 11) is 4.00. The first-order valence-electron chi connectivity index (χ1n) is 5.89. The van der Waals surface area contributed by atoms with Crippen LogP contribution in [0, 0.1) is 6.92 Å².